The molecular formula is C20H26F2N2O2. The summed E-state index contributed by atoms with van der Waals surface area (Å²) in [6.45, 7) is 4.02. The Morgan fingerprint density at radius 1 is 1.15 bits per heavy atom. The Bertz CT molecular complexity index is 666. The van der Waals surface area contributed by atoms with E-state index in [1.165, 1.54) is 24.5 Å². The number of rotatable bonds is 7. The van der Waals surface area contributed by atoms with Crippen LogP contribution in [-0.2, 0) is 4.79 Å². The van der Waals surface area contributed by atoms with Gasteiger partial charge >= 0.3 is 0 Å². The number of nitrogens with one attached hydrogen (secondary N) is 2. The van der Waals surface area contributed by atoms with Crippen molar-refractivity contribution in [3.8, 4) is 0 Å². The fourth-order valence-corrected chi connectivity index (χ4v) is 3.05. The molecule has 0 radical (unpaired) electrons. The van der Waals surface area contributed by atoms with Gasteiger partial charge in [0.25, 0.3) is 5.91 Å². The summed E-state index contributed by atoms with van der Waals surface area (Å²) in [6.07, 6.45) is 7.54. The SMILES string of the molecule is CC(C)C(NC(=O)c1c(F)cccc1F)C(=O)NCCC1=CCCCC1. The zero-order chi connectivity index (χ0) is 19.1. The maximum Gasteiger partial charge on any atom is 0.257 e. The van der Waals surface area contributed by atoms with Gasteiger partial charge in [0.05, 0.1) is 0 Å². The maximum atomic E-state index is 13.8. The second kappa shape index (κ2) is 9.46. The minimum absolute atomic E-state index is 0.220. The molecule has 0 saturated carbocycles. The third-order valence-corrected chi connectivity index (χ3v) is 4.56. The minimum Gasteiger partial charge on any atom is -0.354 e. The van der Waals surface area contributed by atoms with Gasteiger partial charge in [-0.05, 0) is 50.2 Å². The lowest BCUT2D eigenvalue weighted by Crippen LogP contribution is -2.50. The third-order valence-electron chi connectivity index (χ3n) is 4.56. The van der Waals surface area contributed by atoms with Gasteiger partial charge in [0.2, 0.25) is 5.91 Å². The molecule has 2 amide bonds. The van der Waals surface area contributed by atoms with Crippen molar-refractivity contribution >= 4 is 11.8 Å². The molecule has 0 aliphatic heterocycles. The largest absolute Gasteiger partial charge is 0.354 e. The van der Waals surface area contributed by atoms with E-state index in [1.807, 2.05) is 0 Å². The van der Waals surface area contributed by atoms with Crippen LogP contribution in [0.3, 0.4) is 0 Å². The van der Waals surface area contributed by atoms with Crippen LogP contribution in [0, 0.1) is 17.6 Å². The van der Waals surface area contributed by atoms with Crippen molar-refractivity contribution in [3.63, 3.8) is 0 Å². The molecule has 0 spiro atoms. The number of hydrogen-bond donors (Lipinski definition) is 2. The van der Waals surface area contributed by atoms with Gasteiger partial charge < -0.3 is 10.6 Å². The second-order valence-electron chi connectivity index (χ2n) is 6.94. The first kappa shape index (κ1) is 20.1. The topological polar surface area (TPSA) is 58.2 Å². The van der Waals surface area contributed by atoms with Crippen LogP contribution in [0.25, 0.3) is 0 Å². The fraction of sp³-hybridized carbons (Fsp3) is 0.500. The lowest BCUT2D eigenvalue weighted by molar-refractivity contribution is -0.123. The average Bonchev–Trinajstić information content (AvgIpc) is 2.60. The van der Waals surface area contributed by atoms with Gasteiger partial charge in [-0.2, -0.15) is 0 Å². The predicted molar refractivity (Wildman–Crippen MR) is 96.6 cm³/mol. The monoisotopic (exact) mass is 364 g/mol. The fourth-order valence-electron chi connectivity index (χ4n) is 3.05. The smallest absolute Gasteiger partial charge is 0.257 e. The van der Waals surface area contributed by atoms with Crippen LogP contribution >= 0.6 is 0 Å². The number of benzene rings is 1. The zero-order valence-corrected chi connectivity index (χ0v) is 15.3. The molecule has 0 aromatic heterocycles. The third kappa shape index (κ3) is 5.38. The number of carbonyl (C=O) groups excluding carboxylic acids is 2. The molecule has 26 heavy (non-hydrogen) atoms. The molecule has 1 aliphatic rings. The summed E-state index contributed by atoms with van der Waals surface area (Å²) in [5.74, 6) is -3.39. The van der Waals surface area contributed by atoms with E-state index >= 15 is 0 Å². The highest BCUT2D eigenvalue weighted by molar-refractivity contribution is 5.98. The van der Waals surface area contributed by atoms with E-state index in [0.717, 1.165) is 31.4 Å². The molecular weight excluding hydrogens is 338 g/mol. The van der Waals surface area contributed by atoms with E-state index in [4.69, 9.17) is 0 Å². The van der Waals surface area contributed by atoms with Crippen molar-refractivity contribution < 1.29 is 18.4 Å². The van der Waals surface area contributed by atoms with Crippen LogP contribution < -0.4 is 10.6 Å². The van der Waals surface area contributed by atoms with Gasteiger partial charge in [-0.25, -0.2) is 8.78 Å². The predicted octanol–water partition coefficient (Wildman–Crippen LogP) is 3.73. The second-order valence-corrected chi connectivity index (χ2v) is 6.94. The van der Waals surface area contributed by atoms with Crippen LogP contribution in [0.4, 0.5) is 8.78 Å². The molecule has 142 valence electrons. The normalized spacial score (nSPS) is 15.3. The highest BCUT2D eigenvalue weighted by Gasteiger charge is 2.27. The summed E-state index contributed by atoms with van der Waals surface area (Å²) in [7, 11) is 0. The highest BCUT2D eigenvalue weighted by atomic mass is 19.1. The molecule has 4 nitrogen and oxygen atoms in total. The molecule has 1 aliphatic carbocycles. The Morgan fingerprint density at radius 2 is 1.85 bits per heavy atom. The molecule has 0 heterocycles. The Labute approximate surface area is 153 Å². The average molecular weight is 364 g/mol. The Balaban J connectivity index is 1.95. The summed E-state index contributed by atoms with van der Waals surface area (Å²) in [4.78, 5) is 24.7. The van der Waals surface area contributed by atoms with E-state index in [9.17, 15) is 18.4 Å². The van der Waals surface area contributed by atoms with Crippen LogP contribution in [-0.4, -0.2) is 24.4 Å². The van der Waals surface area contributed by atoms with Crippen LogP contribution in [0.2, 0.25) is 0 Å². The lowest BCUT2D eigenvalue weighted by atomic mass is 9.97. The quantitative estimate of drug-likeness (QED) is 0.725. The summed E-state index contributed by atoms with van der Waals surface area (Å²) in [6, 6.07) is 2.36. The van der Waals surface area contributed by atoms with Crippen molar-refractivity contribution in [1.29, 1.82) is 0 Å². The molecule has 0 saturated heterocycles. The highest BCUT2D eigenvalue weighted by Crippen LogP contribution is 2.19. The van der Waals surface area contributed by atoms with E-state index in [2.05, 4.69) is 16.7 Å². The Kier molecular flexibility index (Phi) is 7.30. The van der Waals surface area contributed by atoms with Gasteiger partial charge in [-0.3, -0.25) is 9.59 Å². The standard InChI is InChI=1S/C20H26F2N2O2/c1-13(2)18(20(26)23-12-11-14-7-4-3-5-8-14)24-19(25)17-15(21)9-6-10-16(17)22/h6-7,9-10,13,18H,3-5,8,11-12H2,1-2H3,(H,23,26)(H,24,25). The van der Waals surface area contributed by atoms with Gasteiger partial charge in [0.1, 0.15) is 23.2 Å². The molecule has 0 fully saturated rings. The first-order valence-corrected chi connectivity index (χ1v) is 9.10. The van der Waals surface area contributed by atoms with Crippen molar-refractivity contribution in [2.45, 2.75) is 52.0 Å². The summed E-state index contributed by atoms with van der Waals surface area (Å²) in [5.41, 5.74) is 0.674. The number of allylic oxidation sites excluding steroid dienone is 1. The van der Waals surface area contributed by atoms with Gasteiger partial charge in [-0.15, -0.1) is 0 Å². The number of amides is 2. The van der Waals surface area contributed by atoms with E-state index < -0.39 is 29.1 Å². The number of carbonyl (C=O) groups is 2. The van der Waals surface area contributed by atoms with Crippen molar-refractivity contribution in [2.75, 3.05) is 6.54 Å². The summed E-state index contributed by atoms with van der Waals surface area (Å²) < 4.78 is 27.5. The molecule has 2 rings (SSSR count). The molecule has 1 aromatic carbocycles. The van der Waals surface area contributed by atoms with Crippen LogP contribution in [0.15, 0.2) is 29.8 Å². The lowest BCUT2D eigenvalue weighted by Gasteiger charge is -2.22. The molecule has 1 unspecified atom stereocenters. The number of halogens is 2. The molecule has 6 heteroatoms. The molecule has 1 aromatic rings. The van der Waals surface area contributed by atoms with Gasteiger partial charge in [-0.1, -0.05) is 31.6 Å². The minimum atomic E-state index is -0.949. The van der Waals surface area contributed by atoms with Gasteiger partial charge in [0, 0.05) is 6.54 Å². The van der Waals surface area contributed by atoms with E-state index in [0.29, 0.717) is 6.54 Å². The zero-order valence-electron chi connectivity index (χ0n) is 15.3. The van der Waals surface area contributed by atoms with Gasteiger partial charge in [0.15, 0.2) is 0 Å². The van der Waals surface area contributed by atoms with Crippen molar-refractivity contribution in [3.05, 3.63) is 47.0 Å². The van der Waals surface area contributed by atoms with Crippen molar-refractivity contribution in [1.82, 2.24) is 10.6 Å². The van der Waals surface area contributed by atoms with E-state index in [-0.39, 0.29) is 11.8 Å². The number of hydrogen-bond acceptors (Lipinski definition) is 2. The van der Waals surface area contributed by atoms with Crippen LogP contribution in [0.5, 0.6) is 0 Å². The summed E-state index contributed by atoms with van der Waals surface area (Å²) in [5, 5.41) is 5.27. The maximum absolute atomic E-state index is 13.8. The molecule has 0 bridgehead atoms. The van der Waals surface area contributed by atoms with Crippen LogP contribution in [0.1, 0.15) is 56.3 Å². The Morgan fingerprint density at radius 3 is 2.42 bits per heavy atom. The Hall–Kier alpha value is -2.24. The first-order valence-electron chi connectivity index (χ1n) is 9.10. The molecule has 1 atom stereocenters. The van der Waals surface area contributed by atoms with Crippen molar-refractivity contribution in [2.24, 2.45) is 5.92 Å². The first-order chi connectivity index (χ1) is 12.4. The van der Waals surface area contributed by atoms with E-state index in [1.54, 1.807) is 13.8 Å². The molecule has 2 N–H and O–H groups in total. The summed E-state index contributed by atoms with van der Waals surface area (Å²) >= 11 is 0.